The molecule has 0 aliphatic rings. The smallest absolute Gasteiger partial charge is 0.324 e. The Labute approximate surface area is 125 Å². The number of likely N-dealkylation sites (N-methyl/N-ethyl adjacent to an activating group) is 1. The molecule has 0 saturated carbocycles. The maximum Gasteiger partial charge on any atom is 0.324 e. The minimum atomic E-state index is -1.06. The minimum absolute atomic E-state index is 0.252. The summed E-state index contributed by atoms with van der Waals surface area (Å²) in [5.41, 5.74) is 0.932. The second-order valence-corrected chi connectivity index (χ2v) is 5.29. The molecule has 0 aliphatic carbocycles. The average Bonchev–Trinajstić information content (AvgIpc) is 2.50. The van der Waals surface area contributed by atoms with Gasteiger partial charge in [-0.15, -0.1) is 0 Å². The van der Waals surface area contributed by atoms with Crippen molar-refractivity contribution in [1.29, 1.82) is 0 Å². The van der Waals surface area contributed by atoms with Crippen LogP contribution in [0.5, 0.6) is 0 Å². The van der Waals surface area contributed by atoms with Gasteiger partial charge in [-0.1, -0.05) is 67.6 Å². The van der Waals surface area contributed by atoms with Crippen LogP contribution in [0.15, 0.2) is 60.7 Å². The molecule has 3 nitrogen and oxygen atoms in total. The SMILES string of the molecule is CCNC(C)(C(=O)O)C(c1ccccc1)c1ccccc1. The van der Waals surface area contributed by atoms with Gasteiger partial charge >= 0.3 is 5.97 Å². The number of carbonyl (C=O) groups is 1. The van der Waals surface area contributed by atoms with Crippen LogP contribution in [0.3, 0.4) is 0 Å². The van der Waals surface area contributed by atoms with Crippen molar-refractivity contribution in [3.05, 3.63) is 71.8 Å². The summed E-state index contributed by atoms with van der Waals surface area (Å²) in [6, 6.07) is 19.6. The fraction of sp³-hybridized carbons (Fsp3) is 0.278. The molecule has 21 heavy (non-hydrogen) atoms. The molecule has 0 aliphatic heterocycles. The molecule has 0 aromatic heterocycles. The first-order valence-corrected chi connectivity index (χ1v) is 7.18. The van der Waals surface area contributed by atoms with E-state index in [9.17, 15) is 9.90 Å². The summed E-state index contributed by atoms with van der Waals surface area (Å²) >= 11 is 0. The third kappa shape index (κ3) is 3.14. The van der Waals surface area contributed by atoms with Gasteiger partial charge in [-0.25, -0.2) is 0 Å². The van der Waals surface area contributed by atoms with E-state index < -0.39 is 11.5 Å². The van der Waals surface area contributed by atoms with Crippen LogP contribution < -0.4 is 5.32 Å². The highest BCUT2D eigenvalue weighted by Gasteiger charge is 2.42. The number of carboxylic acids is 1. The largest absolute Gasteiger partial charge is 0.480 e. The molecule has 3 heteroatoms. The molecule has 2 rings (SSSR count). The number of nitrogens with one attached hydrogen (secondary N) is 1. The Hall–Kier alpha value is -2.13. The number of hydrogen-bond acceptors (Lipinski definition) is 2. The molecule has 0 radical (unpaired) electrons. The predicted octanol–water partition coefficient (Wildman–Crippen LogP) is 3.27. The Balaban J connectivity index is 2.58. The van der Waals surface area contributed by atoms with Crippen LogP contribution in [0.25, 0.3) is 0 Å². The zero-order valence-corrected chi connectivity index (χ0v) is 12.4. The molecule has 0 spiro atoms. The van der Waals surface area contributed by atoms with Crippen molar-refractivity contribution in [1.82, 2.24) is 5.32 Å². The van der Waals surface area contributed by atoms with Crippen molar-refractivity contribution in [2.24, 2.45) is 0 Å². The number of rotatable bonds is 6. The Morgan fingerprint density at radius 3 is 1.81 bits per heavy atom. The zero-order chi connectivity index (χ0) is 15.3. The molecule has 0 heterocycles. The van der Waals surface area contributed by atoms with Crippen molar-refractivity contribution in [2.75, 3.05) is 6.54 Å². The van der Waals surface area contributed by atoms with Crippen molar-refractivity contribution in [2.45, 2.75) is 25.3 Å². The lowest BCUT2D eigenvalue weighted by Crippen LogP contribution is -2.54. The normalized spacial score (nSPS) is 13.9. The molecular formula is C18H21NO2. The molecule has 0 saturated heterocycles. The molecule has 110 valence electrons. The molecule has 2 N–H and O–H groups in total. The molecule has 2 aromatic carbocycles. The van der Waals surface area contributed by atoms with Gasteiger partial charge in [0.2, 0.25) is 0 Å². The summed E-state index contributed by atoms with van der Waals surface area (Å²) in [6.07, 6.45) is 0. The topological polar surface area (TPSA) is 49.3 Å². The number of aliphatic carboxylic acids is 1. The highest BCUT2D eigenvalue weighted by Crippen LogP contribution is 2.35. The first kappa shape index (κ1) is 15.3. The van der Waals surface area contributed by atoms with Crippen molar-refractivity contribution in [3.63, 3.8) is 0 Å². The van der Waals surface area contributed by atoms with Gasteiger partial charge in [0.25, 0.3) is 0 Å². The molecule has 1 atom stereocenters. The van der Waals surface area contributed by atoms with Crippen molar-refractivity contribution < 1.29 is 9.90 Å². The van der Waals surface area contributed by atoms with Crippen LogP contribution >= 0.6 is 0 Å². The Morgan fingerprint density at radius 1 is 1.05 bits per heavy atom. The minimum Gasteiger partial charge on any atom is -0.480 e. The van der Waals surface area contributed by atoms with E-state index in [0.29, 0.717) is 6.54 Å². The van der Waals surface area contributed by atoms with Gasteiger partial charge < -0.3 is 10.4 Å². The fourth-order valence-corrected chi connectivity index (χ4v) is 2.82. The van der Waals surface area contributed by atoms with Gasteiger partial charge in [0, 0.05) is 5.92 Å². The van der Waals surface area contributed by atoms with E-state index >= 15 is 0 Å². The number of benzene rings is 2. The quantitative estimate of drug-likeness (QED) is 0.855. The van der Waals surface area contributed by atoms with E-state index in [-0.39, 0.29) is 5.92 Å². The summed E-state index contributed by atoms with van der Waals surface area (Å²) < 4.78 is 0. The molecule has 0 fully saturated rings. The summed E-state index contributed by atoms with van der Waals surface area (Å²) in [4.78, 5) is 11.9. The van der Waals surface area contributed by atoms with Crippen LogP contribution in [0.4, 0.5) is 0 Å². The van der Waals surface area contributed by atoms with Gasteiger partial charge in [0.05, 0.1) is 0 Å². The molecule has 0 amide bonds. The monoisotopic (exact) mass is 283 g/mol. The van der Waals surface area contributed by atoms with Crippen LogP contribution in [-0.2, 0) is 4.79 Å². The standard InChI is InChI=1S/C18H21NO2/c1-3-19-18(2,17(20)21)16(14-10-6-4-7-11-14)15-12-8-5-9-13-15/h4-13,16,19H,3H2,1-2H3,(H,20,21). The molecule has 1 unspecified atom stereocenters. The maximum atomic E-state index is 11.9. The molecule has 2 aromatic rings. The molecular weight excluding hydrogens is 262 g/mol. The van der Waals surface area contributed by atoms with E-state index in [1.54, 1.807) is 6.92 Å². The van der Waals surface area contributed by atoms with Crippen LogP contribution in [0, 0.1) is 0 Å². The highest BCUT2D eigenvalue weighted by molar-refractivity contribution is 5.81. The number of carboxylic acid groups (broad SMARTS) is 1. The second kappa shape index (κ2) is 6.55. The summed E-state index contributed by atoms with van der Waals surface area (Å²) in [6.45, 7) is 4.27. The average molecular weight is 283 g/mol. The lowest BCUT2D eigenvalue weighted by molar-refractivity contribution is -0.144. The van der Waals surface area contributed by atoms with Crippen molar-refractivity contribution >= 4 is 5.97 Å². The summed E-state index contributed by atoms with van der Waals surface area (Å²) in [5, 5.41) is 13.0. The Kier molecular flexibility index (Phi) is 4.76. The third-order valence-corrected chi connectivity index (χ3v) is 3.83. The van der Waals surface area contributed by atoms with Gasteiger partial charge in [-0.2, -0.15) is 0 Å². The van der Waals surface area contributed by atoms with Gasteiger partial charge in [0.1, 0.15) is 5.54 Å². The maximum absolute atomic E-state index is 11.9. The third-order valence-electron chi connectivity index (χ3n) is 3.83. The second-order valence-electron chi connectivity index (χ2n) is 5.29. The van der Waals surface area contributed by atoms with Gasteiger partial charge in [-0.3, -0.25) is 4.79 Å². The fourth-order valence-electron chi connectivity index (χ4n) is 2.82. The van der Waals surface area contributed by atoms with E-state index in [1.807, 2.05) is 67.6 Å². The Morgan fingerprint density at radius 2 is 1.48 bits per heavy atom. The number of hydrogen-bond donors (Lipinski definition) is 2. The van der Waals surface area contributed by atoms with Gasteiger partial charge in [-0.05, 0) is 24.6 Å². The van der Waals surface area contributed by atoms with E-state index in [0.717, 1.165) is 11.1 Å². The first-order chi connectivity index (χ1) is 10.1. The van der Waals surface area contributed by atoms with E-state index in [4.69, 9.17) is 0 Å². The first-order valence-electron chi connectivity index (χ1n) is 7.18. The van der Waals surface area contributed by atoms with Crippen LogP contribution in [-0.4, -0.2) is 23.2 Å². The Bertz CT molecular complexity index is 543. The van der Waals surface area contributed by atoms with E-state index in [2.05, 4.69) is 5.32 Å². The lowest BCUT2D eigenvalue weighted by Gasteiger charge is -2.35. The predicted molar refractivity (Wildman–Crippen MR) is 84.4 cm³/mol. The lowest BCUT2D eigenvalue weighted by atomic mass is 9.76. The zero-order valence-electron chi connectivity index (χ0n) is 12.4. The summed E-state index contributed by atoms with van der Waals surface area (Å²) in [5.74, 6) is -1.10. The molecule has 0 bridgehead atoms. The summed E-state index contributed by atoms with van der Waals surface area (Å²) in [7, 11) is 0. The highest BCUT2D eigenvalue weighted by atomic mass is 16.4. The van der Waals surface area contributed by atoms with Crippen LogP contribution in [0.1, 0.15) is 30.9 Å². The van der Waals surface area contributed by atoms with Crippen molar-refractivity contribution in [3.8, 4) is 0 Å². The van der Waals surface area contributed by atoms with Gasteiger partial charge in [0.15, 0.2) is 0 Å². The van der Waals surface area contributed by atoms with E-state index in [1.165, 1.54) is 0 Å². The van der Waals surface area contributed by atoms with Crippen LogP contribution in [0.2, 0.25) is 0 Å².